The van der Waals surface area contributed by atoms with E-state index in [2.05, 4.69) is 5.32 Å². The van der Waals surface area contributed by atoms with Gasteiger partial charge in [0.1, 0.15) is 0 Å². The quantitative estimate of drug-likeness (QED) is 0.448. The van der Waals surface area contributed by atoms with Crippen LogP contribution < -0.4 is 5.32 Å². The van der Waals surface area contributed by atoms with Crippen LogP contribution in [0.4, 0.5) is 0 Å². The van der Waals surface area contributed by atoms with Crippen LogP contribution in [0.2, 0.25) is 0 Å². The number of halogens is 1. The van der Waals surface area contributed by atoms with E-state index in [-0.39, 0.29) is 17.0 Å². The summed E-state index contributed by atoms with van der Waals surface area (Å²) in [6, 6.07) is 4.92. The minimum Gasteiger partial charge on any atom is -0.468 e. The summed E-state index contributed by atoms with van der Waals surface area (Å²) in [5.74, 6) is -3.23. The van der Waals surface area contributed by atoms with Crippen molar-refractivity contribution in [3.8, 4) is 0 Å². The van der Waals surface area contributed by atoms with Crippen molar-refractivity contribution in [3.63, 3.8) is 0 Å². The predicted molar refractivity (Wildman–Crippen MR) is 93.2 cm³/mol. The van der Waals surface area contributed by atoms with E-state index in [4.69, 9.17) is 9.47 Å². The average Bonchev–Trinajstić information content (AvgIpc) is 2.45. The Labute approximate surface area is 149 Å². The van der Waals surface area contributed by atoms with Crippen molar-refractivity contribution < 1.29 is 23.9 Å². The molecule has 7 heteroatoms. The predicted octanol–water partition coefficient (Wildman–Crippen LogP) is 2.25. The van der Waals surface area contributed by atoms with Crippen LogP contribution in [0.5, 0.6) is 0 Å². The van der Waals surface area contributed by atoms with Gasteiger partial charge < -0.3 is 14.8 Å². The number of carbonyl (C=O) groups excluding carboxylic acids is 3. The SMILES string of the molecule is COC(=O)C(C(=O)OC)c1cc(I)ccc1C(=O)NC(C)(C)C. The largest absolute Gasteiger partial charge is 0.468 e. The van der Waals surface area contributed by atoms with E-state index < -0.39 is 23.4 Å². The highest BCUT2D eigenvalue weighted by Gasteiger charge is 2.34. The Morgan fingerprint density at radius 3 is 2.04 bits per heavy atom. The molecule has 1 aromatic rings. The maximum Gasteiger partial charge on any atom is 0.324 e. The van der Waals surface area contributed by atoms with Gasteiger partial charge in [0.2, 0.25) is 0 Å². The summed E-state index contributed by atoms with van der Waals surface area (Å²) < 4.78 is 10.2. The van der Waals surface area contributed by atoms with Gasteiger partial charge in [-0.1, -0.05) is 0 Å². The molecule has 0 saturated carbocycles. The first-order valence-electron chi connectivity index (χ1n) is 6.88. The molecule has 1 rings (SSSR count). The molecule has 1 aromatic carbocycles. The third-order valence-corrected chi connectivity index (χ3v) is 3.60. The first-order valence-corrected chi connectivity index (χ1v) is 7.96. The molecular formula is C16H20INO5. The lowest BCUT2D eigenvalue weighted by Crippen LogP contribution is -2.41. The number of esters is 2. The fourth-order valence-electron chi connectivity index (χ4n) is 1.97. The maximum atomic E-state index is 12.5. The van der Waals surface area contributed by atoms with Gasteiger partial charge in [0, 0.05) is 14.7 Å². The van der Waals surface area contributed by atoms with Crippen LogP contribution in [0, 0.1) is 3.57 Å². The molecule has 0 atom stereocenters. The Balaban J connectivity index is 3.42. The minimum atomic E-state index is -1.31. The van der Waals surface area contributed by atoms with E-state index in [1.54, 1.807) is 18.2 Å². The highest BCUT2D eigenvalue weighted by Crippen LogP contribution is 2.26. The summed E-state index contributed by atoms with van der Waals surface area (Å²) in [6.45, 7) is 5.53. The van der Waals surface area contributed by atoms with Crippen molar-refractivity contribution in [2.75, 3.05) is 14.2 Å². The fraction of sp³-hybridized carbons (Fsp3) is 0.438. The monoisotopic (exact) mass is 433 g/mol. The number of rotatable bonds is 4. The topological polar surface area (TPSA) is 81.7 Å². The Morgan fingerprint density at radius 1 is 1.09 bits per heavy atom. The summed E-state index contributed by atoms with van der Waals surface area (Å²) in [5.41, 5.74) is 0.0436. The lowest BCUT2D eigenvalue weighted by Gasteiger charge is -2.23. The molecule has 0 heterocycles. The molecule has 126 valence electrons. The van der Waals surface area contributed by atoms with E-state index in [0.29, 0.717) is 0 Å². The Morgan fingerprint density at radius 2 is 1.61 bits per heavy atom. The van der Waals surface area contributed by atoms with Crippen molar-refractivity contribution in [2.24, 2.45) is 0 Å². The normalized spacial score (nSPS) is 11.1. The summed E-state index contributed by atoms with van der Waals surface area (Å²) in [4.78, 5) is 36.6. The number of nitrogens with one attached hydrogen (secondary N) is 1. The highest BCUT2D eigenvalue weighted by atomic mass is 127. The molecule has 0 aliphatic rings. The van der Waals surface area contributed by atoms with Gasteiger partial charge in [0.25, 0.3) is 5.91 Å². The van der Waals surface area contributed by atoms with Gasteiger partial charge in [-0.2, -0.15) is 0 Å². The van der Waals surface area contributed by atoms with Crippen LogP contribution in [-0.2, 0) is 19.1 Å². The maximum absolute atomic E-state index is 12.5. The van der Waals surface area contributed by atoms with Crippen LogP contribution in [0.25, 0.3) is 0 Å². The van der Waals surface area contributed by atoms with Crippen LogP contribution in [0.1, 0.15) is 42.6 Å². The number of hydrogen-bond donors (Lipinski definition) is 1. The number of carbonyl (C=O) groups is 3. The van der Waals surface area contributed by atoms with Gasteiger partial charge >= 0.3 is 11.9 Å². The van der Waals surface area contributed by atoms with Crippen molar-refractivity contribution in [1.82, 2.24) is 5.32 Å². The second-order valence-corrected chi connectivity index (χ2v) is 7.16. The number of amides is 1. The zero-order chi connectivity index (χ0) is 17.8. The molecule has 0 fully saturated rings. The van der Waals surface area contributed by atoms with E-state index in [1.165, 1.54) is 14.2 Å². The van der Waals surface area contributed by atoms with Gasteiger partial charge in [-0.15, -0.1) is 0 Å². The zero-order valence-corrected chi connectivity index (χ0v) is 15.9. The molecule has 0 aliphatic carbocycles. The van der Waals surface area contributed by atoms with Crippen LogP contribution in [0.3, 0.4) is 0 Å². The summed E-state index contributed by atoms with van der Waals surface area (Å²) >= 11 is 2.04. The average molecular weight is 433 g/mol. The van der Waals surface area contributed by atoms with Gasteiger partial charge in [0.05, 0.1) is 14.2 Å². The van der Waals surface area contributed by atoms with Gasteiger partial charge in [-0.25, -0.2) is 0 Å². The highest BCUT2D eigenvalue weighted by molar-refractivity contribution is 14.1. The van der Waals surface area contributed by atoms with E-state index in [0.717, 1.165) is 3.57 Å². The molecule has 0 spiro atoms. The van der Waals surface area contributed by atoms with Crippen molar-refractivity contribution >= 4 is 40.4 Å². The summed E-state index contributed by atoms with van der Waals surface area (Å²) in [6.07, 6.45) is 0. The second kappa shape index (κ2) is 7.76. The number of methoxy groups -OCH3 is 2. The van der Waals surface area contributed by atoms with E-state index in [1.807, 2.05) is 43.4 Å². The van der Waals surface area contributed by atoms with Gasteiger partial charge in [-0.05, 0) is 67.1 Å². The van der Waals surface area contributed by atoms with Gasteiger partial charge in [0.15, 0.2) is 5.92 Å². The molecule has 0 bridgehead atoms. The van der Waals surface area contributed by atoms with Crippen LogP contribution in [0.15, 0.2) is 18.2 Å². The van der Waals surface area contributed by atoms with E-state index in [9.17, 15) is 14.4 Å². The Hall–Kier alpha value is -1.64. The molecular weight excluding hydrogens is 413 g/mol. The molecule has 0 radical (unpaired) electrons. The summed E-state index contributed by atoms with van der Waals surface area (Å²) in [5, 5.41) is 2.82. The Kier molecular flexibility index (Phi) is 6.55. The second-order valence-electron chi connectivity index (χ2n) is 5.92. The molecule has 0 unspecified atom stereocenters. The van der Waals surface area contributed by atoms with Crippen molar-refractivity contribution in [2.45, 2.75) is 32.2 Å². The van der Waals surface area contributed by atoms with Crippen molar-refractivity contribution in [3.05, 3.63) is 32.9 Å². The Bertz CT molecular complexity index is 605. The zero-order valence-electron chi connectivity index (χ0n) is 13.7. The van der Waals surface area contributed by atoms with Gasteiger partial charge in [-0.3, -0.25) is 14.4 Å². The lowest BCUT2D eigenvalue weighted by atomic mass is 9.93. The molecule has 0 aliphatic heterocycles. The van der Waals surface area contributed by atoms with Crippen LogP contribution >= 0.6 is 22.6 Å². The third-order valence-electron chi connectivity index (χ3n) is 2.93. The molecule has 0 saturated heterocycles. The van der Waals surface area contributed by atoms with Crippen molar-refractivity contribution in [1.29, 1.82) is 0 Å². The van der Waals surface area contributed by atoms with Crippen LogP contribution in [-0.4, -0.2) is 37.6 Å². The molecule has 23 heavy (non-hydrogen) atoms. The van der Waals surface area contributed by atoms with E-state index >= 15 is 0 Å². The molecule has 1 N–H and O–H groups in total. The first kappa shape index (κ1) is 19.4. The minimum absolute atomic E-state index is 0.237. The first-order chi connectivity index (χ1) is 10.6. The number of hydrogen-bond acceptors (Lipinski definition) is 5. The lowest BCUT2D eigenvalue weighted by molar-refractivity contribution is -0.154. The standard InChI is InChI=1S/C16H20INO5/c1-16(2,3)18-13(19)10-7-6-9(17)8-11(10)12(14(20)22-4)15(21)23-5/h6-8,12H,1-5H3,(H,18,19). The smallest absolute Gasteiger partial charge is 0.324 e. The number of benzene rings is 1. The summed E-state index contributed by atoms with van der Waals surface area (Å²) in [7, 11) is 2.36. The number of ether oxygens (including phenoxy) is 2. The molecule has 1 amide bonds. The molecule has 0 aromatic heterocycles. The fourth-order valence-corrected chi connectivity index (χ4v) is 2.49. The molecule has 6 nitrogen and oxygen atoms in total. The third kappa shape index (κ3) is 5.19.